The molecule has 2 aliphatic heterocycles. The monoisotopic (exact) mass is 578 g/mol. The zero-order valence-electron chi connectivity index (χ0n) is 20.3. The third-order valence-corrected chi connectivity index (χ3v) is 8.40. The zero-order chi connectivity index (χ0) is 26.9. The summed E-state index contributed by atoms with van der Waals surface area (Å²) in [5, 5.41) is 6.99. The van der Waals surface area contributed by atoms with Crippen molar-refractivity contribution in [2.24, 2.45) is 0 Å². The van der Waals surface area contributed by atoms with E-state index in [9.17, 15) is 17.6 Å². The van der Waals surface area contributed by atoms with Crippen LogP contribution in [0.1, 0.15) is 42.5 Å². The van der Waals surface area contributed by atoms with Crippen LogP contribution in [-0.2, 0) is 15.6 Å². The van der Waals surface area contributed by atoms with Gasteiger partial charge in [0, 0.05) is 18.1 Å². The number of amides is 1. The number of hydrogen-bond donors (Lipinski definition) is 1. The Balaban J connectivity index is 1.59. The molecule has 1 N–H and O–H groups in total. The summed E-state index contributed by atoms with van der Waals surface area (Å²) >= 11 is 12.6. The van der Waals surface area contributed by atoms with Crippen molar-refractivity contribution < 1.29 is 22.3 Å². The molecule has 1 saturated heterocycles. The lowest BCUT2D eigenvalue weighted by molar-refractivity contribution is 0.145. The molecule has 3 heterocycles. The Morgan fingerprint density at radius 1 is 1.03 bits per heavy atom. The molecule has 3 aromatic rings. The van der Waals surface area contributed by atoms with Crippen molar-refractivity contribution >= 4 is 50.8 Å². The highest BCUT2D eigenvalue weighted by Gasteiger charge is 2.35. The summed E-state index contributed by atoms with van der Waals surface area (Å²) in [7, 11) is -3.62. The molecule has 1 fully saturated rings. The molecule has 2 aliphatic rings. The van der Waals surface area contributed by atoms with Crippen molar-refractivity contribution in [1.82, 2.24) is 20.2 Å². The van der Waals surface area contributed by atoms with E-state index in [1.165, 1.54) is 16.8 Å². The van der Waals surface area contributed by atoms with Gasteiger partial charge in [0.1, 0.15) is 5.82 Å². The number of rotatable bonds is 4. The molecule has 2 aromatic carbocycles. The Bertz CT molecular complexity index is 1500. The van der Waals surface area contributed by atoms with E-state index >= 15 is 0 Å². The van der Waals surface area contributed by atoms with E-state index in [0.717, 1.165) is 25.7 Å². The summed E-state index contributed by atoms with van der Waals surface area (Å²) in [6, 6.07) is 10.5. The van der Waals surface area contributed by atoms with E-state index in [1.54, 1.807) is 41.4 Å². The van der Waals surface area contributed by atoms with E-state index in [1.807, 2.05) is 0 Å². The predicted octanol–water partition coefficient (Wildman–Crippen LogP) is 5.67. The summed E-state index contributed by atoms with van der Waals surface area (Å²) in [6.07, 6.45) is 4.98. The zero-order valence-corrected chi connectivity index (χ0v) is 22.6. The number of hydrazine groups is 1. The smallest absolute Gasteiger partial charge is 0.388 e. The lowest BCUT2D eigenvalue weighted by atomic mass is 10.1. The number of aromatic nitrogens is 2. The summed E-state index contributed by atoms with van der Waals surface area (Å²) < 4.78 is 46.5. The van der Waals surface area contributed by atoms with Gasteiger partial charge in [0.05, 0.1) is 33.5 Å². The average Bonchev–Trinajstić information content (AvgIpc) is 3.00. The fraction of sp³-hybridized carbons (Fsp3) is 0.308. The number of carbonyl (C=O) groups excluding carboxylic acids is 1. The molecule has 200 valence electrons. The summed E-state index contributed by atoms with van der Waals surface area (Å²) in [5.41, 5.74) is 4.84. The van der Waals surface area contributed by atoms with Crippen LogP contribution in [0.4, 0.5) is 9.18 Å². The molecular weight excluding hydrogens is 554 g/mol. The molecule has 0 spiro atoms. The molecule has 0 unspecified atom stereocenters. The number of nitrogens with zero attached hydrogens (tertiary/aromatic N) is 3. The molecule has 1 amide bonds. The number of halogens is 3. The second kappa shape index (κ2) is 11.1. The van der Waals surface area contributed by atoms with Crippen LogP contribution in [0.5, 0.6) is 5.88 Å². The van der Waals surface area contributed by atoms with Crippen LogP contribution in [0, 0.1) is 5.82 Å². The van der Waals surface area contributed by atoms with Gasteiger partial charge in [-0.3, -0.25) is 5.43 Å². The van der Waals surface area contributed by atoms with Gasteiger partial charge < -0.3 is 4.74 Å². The number of ether oxygens (including phenoxy) is 1. The standard InChI is InChI=1S/C26H25Cl2FN4O4S/c27-19-7-10-23(22(28)14-19)33-24-18(13-17-5-8-20(29)9-6-17)15-38(35,36)16-21(24)25(30-33)37-26(34)31-32-11-3-1-2-4-12-32/h5-10,13-14H,1-4,11-12,15-16H2,(H,31,34)/b18-13+. The van der Waals surface area contributed by atoms with Crippen LogP contribution in [0.25, 0.3) is 17.3 Å². The minimum absolute atomic E-state index is 0.133. The van der Waals surface area contributed by atoms with Crippen molar-refractivity contribution in [2.45, 2.75) is 31.4 Å². The van der Waals surface area contributed by atoms with E-state index in [0.29, 0.717) is 40.6 Å². The fourth-order valence-electron chi connectivity index (χ4n) is 4.67. The first-order valence-corrected chi connectivity index (χ1v) is 14.7. The molecule has 0 atom stereocenters. The van der Waals surface area contributed by atoms with Gasteiger partial charge in [-0.15, -0.1) is 5.10 Å². The number of hydrogen-bond acceptors (Lipinski definition) is 6. The van der Waals surface area contributed by atoms with E-state index < -0.39 is 21.7 Å². The first kappa shape index (κ1) is 26.7. The molecule has 1 aromatic heterocycles. The van der Waals surface area contributed by atoms with E-state index in [4.69, 9.17) is 27.9 Å². The van der Waals surface area contributed by atoms with Crippen LogP contribution in [-0.4, -0.2) is 48.1 Å². The maximum atomic E-state index is 13.5. The third-order valence-electron chi connectivity index (χ3n) is 6.38. The molecular formula is C26H25Cl2FN4O4S. The number of benzene rings is 2. The van der Waals surface area contributed by atoms with Gasteiger partial charge in [0.15, 0.2) is 9.84 Å². The largest absolute Gasteiger partial charge is 0.428 e. The molecule has 0 saturated carbocycles. The number of nitrogens with one attached hydrogen (secondary N) is 1. The predicted molar refractivity (Wildman–Crippen MR) is 145 cm³/mol. The third kappa shape index (κ3) is 6.04. The van der Waals surface area contributed by atoms with Gasteiger partial charge in [-0.2, -0.15) is 0 Å². The summed E-state index contributed by atoms with van der Waals surface area (Å²) in [4.78, 5) is 12.8. The lowest BCUT2D eigenvalue weighted by Crippen LogP contribution is -2.44. The number of fused-ring (bicyclic) bond motifs is 1. The first-order chi connectivity index (χ1) is 18.2. The van der Waals surface area contributed by atoms with Crippen molar-refractivity contribution in [3.63, 3.8) is 0 Å². The average molecular weight is 579 g/mol. The normalized spacial score (nSPS) is 18.6. The maximum absolute atomic E-state index is 13.5. The lowest BCUT2D eigenvalue weighted by Gasteiger charge is -2.20. The molecule has 8 nitrogen and oxygen atoms in total. The highest BCUT2D eigenvalue weighted by atomic mass is 35.5. The van der Waals surface area contributed by atoms with Gasteiger partial charge in [-0.1, -0.05) is 48.2 Å². The van der Waals surface area contributed by atoms with Crippen LogP contribution < -0.4 is 10.2 Å². The van der Waals surface area contributed by atoms with Gasteiger partial charge in [-0.25, -0.2) is 27.3 Å². The van der Waals surface area contributed by atoms with E-state index in [2.05, 4.69) is 10.5 Å². The molecule has 0 bridgehead atoms. The van der Waals surface area contributed by atoms with Crippen molar-refractivity contribution in [3.05, 3.63) is 75.1 Å². The van der Waals surface area contributed by atoms with Crippen LogP contribution >= 0.6 is 23.2 Å². The quantitative estimate of drug-likeness (QED) is 0.429. The Hall–Kier alpha value is -2.92. The van der Waals surface area contributed by atoms with Gasteiger partial charge in [0.25, 0.3) is 0 Å². The van der Waals surface area contributed by atoms with Crippen LogP contribution in [0.15, 0.2) is 42.5 Å². The molecule has 12 heteroatoms. The van der Waals surface area contributed by atoms with Crippen LogP contribution in [0.2, 0.25) is 10.0 Å². The molecule has 0 radical (unpaired) electrons. The number of sulfone groups is 1. The Morgan fingerprint density at radius 3 is 2.42 bits per heavy atom. The highest BCUT2D eigenvalue weighted by molar-refractivity contribution is 7.91. The second-order valence-electron chi connectivity index (χ2n) is 9.30. The Morgan fingerprint density at radius 2 is 1.74 bits per heavy atom. The van der Waals surface area contributed by atoms with Crippen LogP contribution in [0.3, 0.4) is 0 Å². The van der Waals surface area contributed by atoms with Gasteiger partial charge >= 0.3 is 6.09 Å². The maximum Gasteiger partial charge on any atom is 0.428 e. The minimum atomic E-state index is -3.62. The summed E-state index contributed by atoms with van der Waals surface area (Å²) in [5.74, 6) is -1.20. The summed E-state index contributed by atoms with van der Waals surface area (Å²) in [6.45, 7) is 1.39. The van der Waals surface area contributed by atoms with Gasteiger partial charge in [-0.05, 0) is 60.4 Å². The number of carbonyl (C=O) groups is 1. The second-order valence-corrected chi connectivity index (χ2v) is 12.2. The fourth-order valence-corrected chi connectivity index (χ4v) is 6.65. The molecule has 0 aliphatic carbocycles. The van der Waals surface area contributed by atoms with Crippen molar-refractivity contribution in [1.29, 1.82) is 0 Å². The molecule has 5 rings (SSSR count). The van der Waals surface area contributed by atoms with Crippen molar-refractivity contribution in [2.75, 3.05) is 18.8 Å². The molecule has 38 heavy (non-hydrogen) atoms. The van der Waals surface area contributed by atoms with Gasteiger partial charge in [0.2, 0.25) is 5.88 Å². The highest BCUT2D eigenvalue weighted by Crippen LogP contribution is 2.39. The van der Waals surface area contributed by atoms with Crippen molar-refractivity contribution in [3.8, 4) is 11.6 Å². The SMILES string of the molecule is O=C(NN1CCCCCC1)Oc1nn(-c2ccc(Cl)cc2Cl)c2c1CS(=O)(=O)C/C2=C\c1ccc(F)cc1. The minimum Gasteiger partial charge on any atom is -0.388 e. The van der Waals surface area contributed by atoms with E-state index in [-0.39, 0.29) is 28.0 Å². The Labute approximate surface area is 229 Å². The topological polar surface area (TPSA) is 93.5 Å². The Kier molecular flexibility index (Phi) is 7.76. The first-order valence-electron chi connectivity index (χ1n) is 12.2.